The van der Waals surface area contributed by atoms with Crippen LogP contribution in [-0.4, -0.2) is 43.9 Å². The van der Waals surface area contributed by atoms with Gasteiger partial charge in [0, 0.05) is 11.1 Å². The molecule has 0 saturated heterocycles. The summed E-state index contributed by atoms with van der Waals surface area (Å²) in [6.45, 7) is 5.30. The number of H-pyrrole nitrogens is 1. The number of amides is 1. The van der Waals surface area contributed by atoms with Gasteiger partial charge in [0.1, 0.15) is 0 Å². The van der Waals surface area contributed by atoms with Crippen LogP contribution in [0.3, 0.4) is 0 Å². The monoisotopic (exact) mass is 420 g/mol. The highest BCUT2D eigenvalue weighted by Crippen LogP contribution is 2.30. The number of Topliss-reactive ketones (excluding diaryl/α,β-unsaturated/α-hetero) is 1. The molecular formula is C23H28N6O2. The van der Waals surface area contributed by atoms with E-state index in [4.69, 9.17) is 5.73 Å². The van der Waals surface area contributed by atoms with Crippen molar-refractivity contribution in [2.75, 3.05) is 0 Å². The molecule has 1 aromatic heterocycles. The number of unbranched alkanes of at least 4 members (excludes halogenated alkanes) is 1. The highest BCUT2D eigenvalue weighted by atomic mass is 16.2. The van der Waals surface area contributed by atoms with E-state index < -0.39 is 11.6 Å². The van der Waals surface area contributed by atoms with Crippen LogP contribution in [0.2, 0.25) is 0 Å². The van der Waals surface area contributed by atoms with E-state index in [9.17, 15) is 9.59 Å². The van der Waals surface area contributed by atoms with Crippen molar-refractivity contribution in [3.05, 3.63) is 54.1 Å². The SMILES string of the molecule is CCCCC(NC(=O)C(C)(C)N)C(=O)c1ccc(-c2ccccc2-c2nn[nH]n2)cc1. The molecule has 8 heteroatoms. The first kappa shape index (κ1) is 22.3. The van der Waals surface area contributed by atoms with Gasteiger partial charge in [0.15, 0.2) is 5.78 Å². The summed E-state index contributed by atoms with van der Waals surface area (Å²) in [6, 6.07) is 14.5. The number of hydrogen-bond acceptors (Lipinski definition) is 6. The largest absolute Gasteiger partial charge is 0.344 e. The molecule has 8 nitrogen and oxygen atoms in total. The summed E-state index contributed by atoms with van der Waals surface area (Å²) < 4.78 is 0. The van der Waals surface area contributed by atoms with Crippen LogP contribution < -0.4 is 11.1 Å². The number of aromatic nitrogens is 4. The van der Waals surface area contributed by atoms with Crippen molar-refractivity contribution >= 4 is 11.7 Å². The Morgan fingerprint density at radius 2 is 1.77 bits per heavy atom. The third-order valence-corrected chi connectivity index (χ3v) is 5.05. The van der Waals surface area contributed by atoms with E-state index >= 15 is 0 Å². The minimum atomic E-state index is -1.05. The van der Waals surface area contributed by atoms with Crippen molar-refractivity contribution in [1.29, 1.82) is 0 Å². The number of nitrogens with one attached hydrogen (secondary N) is 2. The number of aromatic amines is 1. The Balaban J connectivity index is 1.84. The Kier molecular flexibility index (Phi) is 6.91. The second kappa shape index (κ2) is 9.61. The Labute approximate surface area is 181 Å². The lowest BCUT2D eigenvalue weighted by Gasteiger charge is -2.23. The van der Waals surface area contributed by atoms with Crippen LogP contribution in [0.1, 0.15) is 50.4 Å². The van der Waals surface area contributed by atoms with Gasteiger partial charge in [-0.05, 0) is 36.6 Å². The molecule has 0 aliphatic rings. The minimum Gasteiger partial charge on any atom is -0.344 e. The Bertz CT molecular complexity index is 1020. The maximum absolute atomic E-state index is 13.1. The average Bonchev–Trinajstić information content (AvgIpc) is 3.30. The fraction of sp³-hybridized carbons (Fsp3) is 0.348. The van der Waals surface area contributed by atoms with Gasteiger partial charge in [0.05, 0.1) is 11.6 Å². The molecule has 31 heavy (non-hydrogen) atoms. The molecule has 1 unspecified atom stereocenters. The summed E-state index contributed by atoms with van der Waals surface area (Å²) in [7, 11) is 0. The third-order valence-electron chi connectivity index (χ3n) is 5.05. The van der Waals surface area contributed by atoms with Gasteiger partial charge in [0.2, 0.25) is 11.7 Å². The average molecular weight is 421 g/mol. The van der Waals surface area contributed by atoms with Crippen LogP contribution in [-0.2, 0) is 4.79 Å². The maximum atomic E-state index is 13.1. The Morgan fingerprint density at radius 3 is 2.35 bits per heavy atom. The molecule has 1 amide bonds. The topological polar surface area (TPSA) is 127 Å². The van der Waals surface area contributed by atoms with Gasteiger partial charge in [0.25, 0.3) is 0 Å². The van der Waals surface area contributed by atoms with Crippen LogP contribution in [0.4, 0.5) is 0 Å². The van der Waals surface area contributed by atoms with Gasteiger partial charge in [-0.3, -0.25) is 9.59 Å². The van der Waals surface area contributed by atoms with E-state index in [-0.39, 0.29) is 11.7 Å². The van der Waals surface area contributed by atoms with Crippen LogP contribution in [0, 0.1) is 0 Å². The van der Waals surface area contributed by atoms with Gasteiger partial charge < -0.3 is 11.1 Å². The Hall–Kier alpha value is -3.39. The van der Waals surface area contributed by atoms with Gasteiger partial charge >= 0.3 is 0 Å². The summed E-state index contributed by atoms with van der Waals surface area (Å²) >= 11 is 0. The minimum absolute atomic E-state index is 0.121. The zero-order valence-electron chi connectivity index (χ0n) is 18.1. The first-order chi connectivity index (χ1) is 14.8. The van der Waals surface area contributed by atoms with E-state index in [1.807, 2.05) is 43.3 Å². The molecule has 0 aliphatic heterocycles. The molecule has 2 aromatic carbocycles. The summed E-state index contributed by atoms with van der Waals surface area (Å²) in [6.07, 6.45) is 2.33. The number of nitrogens with zero attached hydrogens (tertiary/aromatic N) is 3. The smallest absolute Gasteiger partial charge is 0.240 e. The van der Waals surface area contributed by atoms with Gasteiger partial charge in [-0.25, -0.2) is 0 Å². The number of benzene rings is 2. The fourth-order valence-corrected chi connectivity index (χ4v) is 3.24. The molecule has 0 fully saturated rings. The summed E-state index contributed by atoms with van der Waals surface area (Å²) in [5, 5.41) is 17.1. The first-order valence-corrected chi connectivity index (χ1v) is 10.4. The number of tetrazole rings is 1. The number of ketones is 1. The molecule has 3 rings (SSSR count). The van der Waals surface area contributed by atoms with Crippen molar-refractivity contribution in [1.82, 2.24) is 25.9 Å². The lowest BCUT2D eigenvalue weighted by atomic mass is 9.94. The molecule has 0 bridgehead atoms. The zero-order valence-corrected chi connectivity index (χ0v) is 18.1. The number of carbonyl (C=O) groups is 2. The second-order valence-electron chi connectivity index (χ2n) is 8.11. The normalized spacial score (nSPS) is 12.4. The third kappa shape index (κ3) is 5.40. The van der Waals surface area contributed by atoms with Crippen LogP contribution in [0.25, 0.3) is 22.5 Å². The van der Waals surface area contributed by atoms with Gasteiger partial charge in [-0.1, -0.05) is 68.3 Å². The van der Waals surface area contributed by atoms with E-state index in [1.54, 1.807) is 26.0 Å². The molecular weight excluding hydrogens is 392 g/mol. The van der Waals surface area contributed by atoms with E-state index in [2.05, 4.69) is 25.9 Å². The zero-order chi connectivity index (χ0) is 22.4. The van der Waals surface area contributed by atoms with Gasteiger partial charge in [-0.2, -0.15) is 5.21 Å². The van der Waals surface area contributed by atoms with E-state index in [0.717, 1.165) is 29.5 Å². The molecule has 0 aliphatic carbocycles. The molecule has 4 N–H and O–H groups in total. The Morgan fingerprint density at radius 1 is 1.10 bits per heavy atom. The predicted molar refractivity (Wildman–Crippen MR) is 119 cm³/mol. The fourth-order valence-electron chi connectivity index (χ4n) is 3.24. The molecule has 3 aromatic rings. The van der Waals surface area contributed by atoms with Crippen molar-refractivity contribution in [3.63, 3.8) is 0 Å². The van der Waals surface area contributed by atoms with Gasteiger partial charge in [-0.15, -0.1) is 10.2 Å². The van der Waals surface area contributed by atoms with Crippen molar-refractivity contribution < 1.29 is 9.59 Å². The lowest BCUT2D eigenvalue weighted by molar-refractivity contribution is -0.125. The number of hydrogen-bond donors (Lipinski definition) is 3. The van der Waals surface area contributed by atoms with E-state index in [1.165, 1.54) is 0 Å². The van der Waals surface area contributed by atoms with Crippen LogP contribution in [0.5, 0.6) is 0 Å². The quantitative estimate of drug-likeness (QED) is 0.457. The number of nitrogens with two attached hydrogens (primary N) is 1. The highest BCUT2D eigenvalue weighted by Gasteiger charge is 2.28. The number of rotatable bonds is 9. The van der Waals surface area contributed by atoms with Crippen LogP contribution in [0.15, 0.2) is 48.5 Å². The molecule has 0 saturated carbocycles. The molecule has 1 atom stereocenters. The molecule has 0 radical (unpaired) electrons. The van der Waals surface area contributed by atoms with Crippen molar-refractivity contribution in [2.45, 2.75) is 51.6 Å². The molecule has 0 spiro atoms. The highest BCUT2D eigenvalue weighted by molar-refractivity contribution is 6.03. The summed E-state index contributed by atoms with van der Waals surface area (Å²) in [5.41, 5.74) is 8.08. The van der Waals surface area contributed by atoms with E-state index in [0.29, 0.717) is 17.8 Å². The first-order valence-electron chi connectivity index (χ1n) is 10.4. The second-order valence-corrected chi connectivity index (χ2v) is 8.11. The van der Waals surface area contributed by atoms with Crippen molar-refractivity contribution in [3.8, 4) is 22.5 Å². The maximum Gasteiger partial charge on any atom is 0.240 e. The molecule has 162 valence electrons. The molecule has 1 heterocycles. The lowest BCUT2D eigenvalue weighted by Crippen LogP contribution is -2.54. The van der Waals surface area contributed by atoms with Crippen molar-refractivity contribution in [2.24, 2.45) is 5.73 Å². The summed E-state index contributed by atoms with van der Waals surface area (Å²) in [4.78, 5) is 25.5. The van der Waals surface area contributed by atoms with Crippen LogP contribution >= 0.6 is 0 Å². The standard InChI is InChI=1S/C23H28N6O2/c1-4-5-10-19(25-22(31)23(2,3)24)20(30)16-13-11-15(12-14-16)17-8-6-7-9-18(17)21-26-28-29-27-21/h6-9,11-14,19H,4-5,10,24H2,1-3H3,(H,25,31)(H,26,27,28,29). The number of carbonyl (C=O) groups excluding carboxylic acids is 2. The predicted octanol–water partition coefficient (Wildman–Crippen LogP) is 3.13. The summed E-state index contributed by atoms with van der Waals surface area (Å²) in [5.74, 6) is 0.0409.